The molecule has 0 saturated heterocycles. The maximum Gasteiger partial charge on any atom is 0.435 e. The quantitative estimate of drug-likeness (QED) is 0.694. The lowest BCUT2D eigenvalue weighted by atomic mass is 10.1. The second kappa shape index (κ2) is 6.07. The van der Waals surface area contributed by atoms with Crippen LogP contribution in [0.5, 0.6) is 0 Å². The van der Waals surface area contributed by atoms with Gasteiger partial charge >= 0.3 is 6.09 Å². The molecule has 2 N–H and O–H groups in total. The summed E-state index contributed by atoms with van der Waals surface area (Å²) in [5.74, 6) is 0. The van der Waals surface area contributed by atoms with Crippen LogP contribution in [-0.4, -0.2) is 28.6 Å². The molecule has 0 bridgehead atoms. The summed E-state index contributed by atoms with van der Waals surface area (Å²) in [6.45, 7) is 5.46. The first-order valence-electron chi connectivity index (χ1n) is 6.64. The zero-order valence-electron chi connectivity index (χ0n) is 12.7. The number of aromatic nitrogens is 2. The molecule has 0 radical (unpaired) electrons. The van der Waals surface area contributed by atoms with Crippen molar-refractivity contribution >= 4 is 11.8 Å². The van der Waals surface area contributed by atoms with Gasteiger partial charge in [0.15, 0.2) is 5.69 Å². The second-order valence-electron chi connectivity index (χ2n) is 5.60. The molecular weight excluding hydrogens is 270 g/mol. The van der Waals surface area contributed by atoms with Crippen molar-refractivity contribution in [3.05, 3.63) is 36.5 Å². The molecule has 0 unspecified atom stereocenters. The predicted molar refractivity (Wildman–Crippen MR) is 77.9 cm³/mol. The van der Waals surface area contributed by atoms with Gasteiger partial charge in [-0.05, 0) is 39.0 Å². The lowest BCUT2D eigenvalue weighted by Gasteiger charge is -2.18. The van der Waals surface area contributed by atoms with Gasteiger partial charge < -0.3 is 4.74 Å². The van der Waals surface area contributed by atoms with Crippen LogP contribution < -0.4 is 5.48 Å². The molecule has 21 heavy (non-hydrogen) atoms. The van der Waals surface area contributed by atoms with Crippen LogP contribution in [0.3, 0.4) is 0 Å². The van der Waals surface area contributed by atoms with E-state index in [9.17, 15) is 4.79 Å². The molecule has 1 heterocycles. The molecule has 2 aromatic rings. The van der Waals surface area contributed by atoms with Crippen LogP contribution in [0.4, 0.5) is 10.5 Å². The number of nitrogens with zero attached hydrogens (tertiary/aromatic N) is 2. The highest BCUT2D eigenvalue weighted by Crippen LogP contribution is 2.18. The number of ether oxygens (including phenoxy) is 1. The summed E-state index contributed by atoms with van der Waals surface area (Å²) in [7, 11) is 1.61. The Morgan fingerprint density at radius 2 is 1.86 bits per heavy atom. The number of quaternary nitrogens is 1. The van der Waals surface area contributed by atoms with Crippen LogP contribution in [-0.2, 0) is 9.57 Å². The smallest absolute Gasteiger partial charge is 0.435 e. The second-order valence-corrected chi connectivity index (χ2v) is 5.60. The standard InChI is InChI=1S/C15H19N3O3/c1-15(2,3)21-14(19)18-10-9-13(16-18)11-5-7-12(8-6-11)17-20-4/h5-10,17H,1-4H3/p+1. The molecule has 2 rings (SSSR count). The summed E-state index contributed by atoms with van der Waals surface area (Å²) in [6.07, 6.45) is 1.11. The van der Waals surface area contributed by atoms with Crippen molar-refractivity contribution < 1.29 is 19.8 Å². The Bertz CT molecular complexity index is 612. The minimum absolute atomic E-state index is 0.488. The van der Waals surface area contributed by atoms with Crippen LogP contribution >= 0.6 is 0 Å². The molecule has 6 nitrogen and oxygen atoms in total. The third-order valence-corrected chi connectivity index (χ3v) is 2.63. The monoisotopic (exact) mass is 290 g/mol. The number of hydrogen-bond acceptors (Lipinski definition) is 4. The van der Waals surface area contributed by atoms with Gasteiger partial charge in [-0.25, -0.2) is 9.63 Å². The topological polar surface area (TPSA) is 70.0 Å². The first kappa shape index (κ1) is 15.2. The van der Waals surface area contributed by atoms with Crippen LogP contribution in [0.1, 0.15) is 20.8 Å². The summed E-state index contributed by atoms with van der Waals surface area (Å²) in [6, 6.07) is 9.47. The Labute approximate surface area is 123 Å². The third kappa shape index (κ3) is 4.14. The summed E-state index contributed by atoms with van der Waals surface area (Å²) in [5.41, 5.74) is 3.72. The summed E-state index contributed by atoms with van der Waals surface area (Å²) in [5, 5.41) is 4.24. The van der Waals surface area contributed by atoms with Gasteiger partial charge in [0.1, 0.15) is 5.60 Å². The van der Waals surface area contributed by atoms with Gasteiger partial charge in [0.05, 0.1) is 12.8 Å². The van der Waals surface area contributed by atoms with Crippen molar-refractivity contribution in [3.8, 4) is 11.3 Å². The van der Waals surface area contributed by atoms with Crippen molar-refractivity contribution in [2.45, 2.75) is 26.4 Å². The Balaban J connectivity index is 2.14. The Morgan fingerprint density at radius 3 is 2.43 bits per heavy atom. The molecule has 1 aromatic carbocycles. The van der Waals surface area contributed by atoms with E-state index in [0.717, 1.165) is 11.3 Å². The van der Waals surface area contributed by atoms with Crippen molar-refractivity contribution in [2.75, 3.05) is 7.11 Å². The first-order valence-corrected chi connectivity index (χ1v) is 6.64. The number of benzene rings is 1. The van der Waals surface area contributed by atoms with Gasteiger partial charge in [-0.3, -0.25) is 0 Å². The molecule has 0 aliphatic heterocycles. The van der Waals surface area contributed by atoms with E-state index in [2.05, 4.69) is 5.10 Å². The molecule has 0 aliphatic rings. The average Bonchev–Trinajstić information content (AvgIpc) is 2.88. The first-order chi connectivity index (χ1) is 9.89. The highest BCUT2D eigenvalue weighted by Gasteiger charge is 2.18. The van der Waals surface area contributed by atoms with E-state index in [-0.39, 0.29) is 0 Å². The SMILES string of the molecule is CO[NH2+]c1ccc(-c2ccn(C(=O)OC(C)(C)C)n2)cc1. The van der Waals surface area contributed by atoms with Crippen LogP contribution in [0.2, 0.25) is 0 Å². The fraction of sp³-hybridized carbons (Fsp3) is 0.333. The Kier molecular flexibility index (Phi) is 4.40. The van der Waals surface area contributed by atoms with Crippen molar-refractivity contribution in [1.82, 2.24) is 9.78 Å². The summed E-state index contributed by atoms with van der Waals surface area (Å²) in [4.78, 5) is 16.9. The lowest BCUT2D eigenvalue weighted by Crippen LogP contribution is -2.75. The van der Waals surface area contributed by atoms with Gasteiger partial charge in [-0.2, -0.15) is 15.3 Å². The molecule has 0 aliphatic carbocycles. The number of nitrogens with two attached hydrogens (primary N) is 1. The maximum atomic E-state index is 11.9. The van der Waals surface area contributed by atoms with E-state index < -0.39 is 11.7 Å². The molecule has 0 spiro atoms. The minimum Gasteiger partial charge on any atom is -0.442 e. The number of carbonyl (C=O) groups is 1. The predicted octanol–water partition coefficient (Wildman–Crippen LogP) is 2.09. The highest BCUT2D eigenvalue weighted by atomic mass is 16.6. The number of rotatable bonds is 3. The average molecular weight is 290 g/mol. The zero-order valence-corrected chi connectivity index (χ0v) is 12.7. The molecular formula is C15H20N3O3+. The molecule has 1 aromatic heterocycles. The van der Waals surface area contributed by atoms with Crippen molar-refractivity contribution in [2.24, 2.45) is 0 Å². The van der Waals surface area contributed by atoms with E-state index in [0.29, 0.717) is 5.69 Å². The fourth-order valence-corrected chi connectivity index (χ4v) is 1.76. The molecule has 0 fully saturated rings. The molecule has 6 heteroatoms. The van der Waals surface area contributed by atoms with Crippen LogP contribution in [0, 0.1) is 0 Å². The largest absolute Gasteiger partial charge is 0.442 e. The number of carbonyl (C=O) groups excluding carboxylic acids is 1. The van der Waals surface area contributed by atoms with E-state index in [1.54, 1.807) is 24.9 Å². The maximum absolute atomic E-state index is 11.9. The minimum atomic E-state index is -0.541. The van der Waals surface area contributed by atoms with E-state index >= 15 is 0 Å². The summed E-state index contributed by atoms with van der Waals surface area (Å²) >= 11 is 0. The van der Waals surface area contributed by atoms with Gasteiger partial charge in [0, 0.05) is 23.9 Å². The lowest BCUT2D eigenvalue weighted by molar-refractivity contribution is -0.830. The van der Waals surface area contributed by atoms with E-state index in [4.69, 9.17) is 9.57 Å². The molecule has 0 atom stereocenters. The van der Waals surface area contributed by atoms with E-state index in [1.807, 2.05) is 45.0 Å². The summed E-state index contributed by atoms with van der Waals surface area (Å²) < 4.78 is 6.47. The van der Waals surface area contributed by atoms with Crippen LogP contribution in [0.25, 0.3) is 11.3 Å². The van der Waals surface area contributed by atoms with Gasteiger partial charge in [-0.15, -0.1) is 0 Å². The number of hydrogen-bond donors (Lipinski definition) is 1. The van der Waals surface area contributed by atoms with Crippen molar-refractivity contribution in [3.63, 3.8) is 0 Å². The van der Waals surface area contributed by atoms with E-state index in [1.165, 1.54) is 4.68 Å². The molecule has 112 valence electrons. The normalized spacial score (nSPS) is 11.4. The molecule has 0 amide bonds. The fourth-order valence-electron chi connectivity index (χ4n) is 1.76. The zero-order chi connectivity index (χ0) is 15.5. The van der Waals surface area contributed by atoms with Gasteiger partial charge in [0.25, 0.3) is 0 Å². The Morgan fingerprint density at radius 1 is 1.19 bits per heavy atom. The third-order valence-electron chi connectivity index (χ3n) is 2.63. The van der Waals surface area contributed by atoms with Crippen LogP contribution in [0.15, 0.2) is 36.5 Å². The highest BCUT2D eigenvalue weighted by molar-refractivity contribution is 5.71. The molecule has 0 saturated carbocycles. The Hall–Kier alpha value is -2.18. The van der Waals surface area contributed by atoms with Gasteiger partial charge in [0.2, 0.25) is 0 Å². The van der Waals surface area contributed by atoms with Crippen molar-refractivity contribution in [1.29, 1.82) is 0 Å². The van der Waals surface area contributed by atoms with Gasteiger partial charge in [-0.1, -0.05) is 0 Å².